The first-order valence-electron chi connectivity index (χ1n) is 10.4. The molecule has 0 aliphatic carbocycles. The lowest BCUT2D eigenvalue weighted by molar-refractivity contribution is 0.0171. The quantitative estimate of drug-likeness (QED) is 0.225. The molecule has 2 N–H and O–H groups in total. The van der Waals surface area contributed by atoms with Gasteiger partial charge in [0.2, 0.25) is 0 Å². The molecule has 2 unspecified atom stereocenters. The number of hydrogen-bond donors (Lipinski definition) is 2. The van der Waals surface area contributed by atoms with Crippen molar-refractivity contribution in [2.24, 2.45) is 4.99 Å². The number of guanidine groups is 1. The average Bonchev–Trinajstić information content (AvgIpc) is 3.37. The molecule has 2 fully saturated rings. The molecule has 7 nitrogen and oxygen atoms in total. The van der Waals surface area contributed by atoms with E-state index in [0.29, 0.717) is 32.1 Å². The second-order valence-electron chi connectivity index (χ2n) is 7.21. The number of anilines is 1. The number of aromatic nitrogens is 1. The van der Waals surface area contributed by atoms with Crippen LogP contribution in [0.3, 0.4) is 0 Å². The summed E-state index contributed by atoms with van der Waals surface area (Å²) in [4.78, 5) is 10.8. The molecule has 3 heterocycles. The molecule has 1 aromatic rings. The summed E-state index contributed by atoms with van der Waals surface area (Å²) >= 11 is 0. The normalized spacial score (nSPS) is 21.9. The molecule has 2 saturated heterocycles. The Morgan fingerprint density at radius 2 is 2.34 bits per heavy atom. The van der Waals surface area contributed by atoms with Crippen molar-refractivity contribution in [1.82, 2.24) is 15.6 Å². The number of nitrogens with one attached hydrogen (secondary N) is 2. The number of halogens is 2. The molecule has 1 aromatic heterocycles. The minimum Gasteiger partial charge on any atom is -0.379 e. The monoisotopic (exact) mass is 521 g/mol. The summed E-state index contributed by atoms with van der Waals surface area (Å²) in [7, 11) is 0. The predicted octanol–water partition coefficient (Wildman–Crippen LogP) is 2.56. The Kier molecular flexibility index (Phi) is 10.9. The van der Waals surface area contributed by atoms with Crippen LogP contribution in [0, 0.1) is 5.82 Å². The number of ether oxygens (including phenoxy) is 2. The SMILES string of the molecule is CCNC(=NCCCOCC1CCCO1)NC1CCN(c2ncccc2F)C1.I. The minimum atomic E-state index is -0.272. The van der Waals surface area contributed by atoms with Gasteiger partial charge in [0.15, 0.2) is 17.6 Å². The third-order valence-electron chi connectivity index (χ3n) is 4.96. The fraction of sp³-hybridized carbons (Fsp3) is 0.700. The maximum absolute atomic E-state index is 13.9. The zero-order valence-electron chi connectivity index (χ0n) is 17.1. The third kappa shape index (κ3) is 7.86. The Labute approximate surface area is 189 Å². The summed E-state index contributed by atoms with van der Waals surface area (Å²) in [5.74, 6) is 0.957. The Hall–Kier alpha value is -1.20. The van der Waals surface area contributed by atoms with Gasteiger partial charge in [-0.2, -0.15) is 0 Å². The molecule has 3 rings (SSSR count). The molecule has 0 spiro atoms. The van der Waals surface area contributed by atoms with E-state index in [1.54, 1.807) is 12.3 Å². The summed E-state index contributed by atoms with van der Waals surface area (Å²) in [6.45, 7) is 7.28. The van der Waals surface area contributed by atoms with Gasteiger partial charge in [-0.15, -0.1) is 24.0 Å². The molecule has 2 atom stereocenters. The first kappa shape index (κ1) is 24.1. The van der Waals surface area contributed by atoms with E-state index in [2.05, 4.69) is 20.6 Å². The Bertz CT molecular complexity index is 631. The highest BCUT2D eigenvalue weighted by Gasteiger charge is 2.25. The van der Waals surface area contributed by atoms with Crippen molar-refractivity contribution in [3.8, 4) is 0 Å². The van der Waals surface area contributed by atoms with Crippen molar-refractivity contribution < 1.29 is 13.9 Å². The second-order valence-corrected chi connectivity index (χ2v) is 7.21. The number of hydrogen-bond acceptors (Lipinski definition) is 5. The number of nitrogens with zero attached hydrogens (tertiary/aromatic N) is 3. The van der Waals surface area contributed by atoms with Crippen molar-refractivity contribution in [3.63, 3.8) is 0 Å². The number of aliphatic imine (C=N–C) groups is 1. The van der Waals surface area contributed by atoms with Crippen LogP contribution in [-0.2, 0) is 9.47 Å². The summed E-state index contributed by atoms with van der Waals surface area (Å²) in [5.41, 5.74) is 0. The van der Waals surface area contributed by atoms with Crippen molar-refractivity contribution in [3.05, 3.63) is 24.1 Å². The van der Waals surface area contributed by atoms with Crippen molar-refractivity contribution in [2.45, 2.75) is 44.8 Å². The first-order chi connectivity index (χ1) is 13.8. The minimum absolute atomic E-state index is 0. The lowest BCUT2D eigenvalue weighted by Crippen LogP contribution is -2.44. The highest BCUT2D eigenvalue weighted by molar-refractivity contribution is 14.0. The van der Waals surface area contributed by atoms with E-state index in [0.717, 1.165) is 51.3 Å². The van der Waals surface area contributed by atoms with Gasteiger partial charge in [-0.1, -0.05) is 0 Å². The smallest absolute Gasteiger partial charge is 0.191 e. The largest absolute Gasteiger partial charge is 0.379 e. The zero-order chi connectivity index (χ0) is 19.6. The van der Waals surface area contributed by atoms with Crippen LogP contribution in [-0.4, -0.2) is 69.1 Å². The molecule has 2 aliphatic rings. The Morgan fingerprint density at radius 1 is 1.45 bits per heavy atom. The number of rotatable bonds is 9. The lowest BCUT2D eigenvalue weighted by atomic mass is 10.2. The molecular weight excluding hydrogens is 488 g/mol. The highest BCUT2D eigenvalue weighted by Crippen LogP contribution is 2.20. The molecule has 9 heteroatoms. The zero-order valence-corrected chi connectivity index (χ0v) is 19.4. The van der Waals surface area contributed by atoms with Crippen LogP contribution in [0.5, 0.6) is 0 Å². The van der Waals surface area contributed by atoms with E-state index >= 15 is 0 Å². The fourth-order valence-corrected chi connectivity index (χ4v) is 3.54. The van der Waals surface area contributed by atoms with Gasteiger partial charge in [-0.3, -0.25) is 4.99 Å². The topological polar surface area (TPSA) is 71.0 Å². The van der Waals surface area contributed by atoms with Crippen LogP contribution >= 0.6 is 24.0 Å². The van der Waals surface area contributed by atoms with Gasteiger partial charge in [0.25, 0.3) is 0 Å². The van der Waals surface area contributed by atoms with Crippen molar-refractivity contribution >= 4 is 35.8 Å². The lowest BCUT2D eigenvalue weighted by Gasteiger charge is -2.20. The summed E-state index contributed by atoms with van der Waals surface area (Å²) in [5, 5.41) is 6.74. The molecule has 0 aromatic carbocycles. The van der Waals surface area contributed by atoms with Gasteiger partial charge in [-0.25, -0.2) is 9.37 Å². The summed E-state index contributed by atoms with van der Waals surface area (Å²) < 4.78 is 25.2. The molecule has 0 radical (unpaired) electrons. The van der Waals surface area contributed by atoms with Crippen LogP contribution in [0.25, 0.3) is 0 Å². The maximum Gasteiger partial charge on any atom is 0.191 e. The molecular formula is C20H33FIN5O2. The van der Waals surface area contributed by atoms with Crippen LogP contribution < -0.4 is 15.5 Å². The maximum atomic E-state index is 13.9. The van der Waals surface area contributed by atoms with E-state index in [1.165, 1.54) is 6.07 Å². The Morgan fingerprint density at radius 3 is 3.10 bits per heavy atom. The van der Waals surface area contributed by atoms with Crippen LogP contribution in [0.15, 0.2) is 23.3 Å². The third-order valence-corrected chi connectivity index (χ3v) is 4.96. The Balaban J connectivity index is 0.00000300. The van der Waals surface area contributed by atoms with E-state index in [1.807, 2.05) is 11.8 Å². The fourth-order valence-electron chi connectivity index (χ4n) is 3.54. The van der Waals surface area contributed by atoms with Gasteiger partial charge in [0.1, 0.15) is 0 Å². The average molecular weight is 521 g/mol. The van der Waals surface area contributed by atoms with Crippen LogP contribution in [0.1, 0.15) is 32.6 Å². The molecule has 164 valence electrons. The van der Waals surface area contributed by atoms with Crippen molar-refractivity contribution in [1.29, 1.82) is 0 Å². The van der Waals surface area contributed by atoms with E-state index < -0.39 is 0 Å². The first-order valence-corrected chi connectivity index (χ1v) is 10.4. The molecule has 0 amide bonds. The highest BCUT2D eigenvalue weighted by atomic mass is 127. The molecule has 0 bridgehead atoms. The summed E-state index contributed by atoms with van der Waals surface area (Å²) in [6, 6.07) is 3.29. The predicted molar refractivity (Wildman–Crippen MR) is 124 cm³/mol. The molecule has 29 heavy (non-hydrogen) atoms. The van der Waals surface area contributed by atoms with Gasteiger partial charge >= 0.3 is 0 Å². The standard InChI is InChI=1S/C20H32FN5O2.HI/c1-2-22-20(24-10-5-12-27-15-17-6-4-13-28-17)25-16-8-11-26(14-16)19-18(21)7-3-9-23-19;/h3,7,9,16-17H,2,4-6,8,10-15H2,1H3,(H2,22,24,25);1H. The van der Waals surface area contributed by atoms with Gasteiger partial charge in [0.05, 0.1) is 12.7 Å². The molecule has 2 aliphatic heterocycles. The van der Waals surface area contributed by atoms with Gasteiger partial charge in [-0.05, 0) is 44.7 Å². The van der Waals surface area contributed by atoms with Crippen LogP contribution in [0.2, 0.25) is 0 Å². The van der Waals surface area contributed by atoms with Gasteiger partial charge < -0.3 is 25.0 Å². The number of pyridine rings is 1. The van der Waals surface area contributed by atoms with E-state index in [-0.39, 0.29) is 41.9 Å². The molecule has 0 saturated carbocycles. The van der Waals surface area contributed by atoms with E-state index in [4.69, 9.17) is 9.47 Å². The van der Waals surface area contributed by atoms with Gasteiger partial charge in [0, 0.05) is 51.6 Å². The summed E-state index contributed by atoms with van der Waals surface area (Å²) in [6.07, 6.45) is 5.95. The van der Waals surface area contributed by atoms with Crippen molar-refractivity contribution in [2.75, 3.05) is 50.9 Å². The van der Waals surface area contributed by atoms with Crippen LogP contribution in [0.4, 0.5) is 10.2 Å². The van der Waals surface area contributed by atoms with E-state index in [9.17, 15) is 4.39 Å². The second kappa shape index (κ2) is 13.2.